The Hall–Kier alpha value is -1.84. The van der Waals surface area contributed by atoms with E-state index in [9.17, 15) is 4.79 Å². The predicted octanol–water partition coefficient (Wildman–Crippen LogP) is 4.23. The number of nitrogens with one attached hydrogen (secondary N) is 1. The van der Waals surface area contributed by atoms with Crippen LogP contribution in [0.3, 0.4) is 0 Å². The number of nitrogens with zero attached hydrogens (tertiary/aromatic N) is 1. The largest absolute Gasteiger partial charge is 0.398 e. The molecule has 0 aliphatic heterocycles. The van der Waals surface area contributed by atoms with Gasteiger partial charge < -0.3 is 11.1 Å². The fourth-order valence-corrected chi connectivity index (χ4v) is 2.68. The third-order valence-electron chi connectivity index (χ3n) is 3.01. The second kappa shape index (κ2) is 6.29. The van der Waals surface area contributed by atoms with Gasteiger partial charge in [0.05, 0.1) is 11.3 Å². The van der Waals surface area contributed by atoms with Gasteiger partial charge in [-0.3, -0.25) is 4.79 Å². The fourth-order valence-electron chi connectivity index (χ4n) is 1.84. The Bertz CT molecular complexity index is 766. The number of benzene rings is 2. The van der Waals surface area contributed by atoms with E-state index in [1.807, 2.05) is 0 Å². The standard InChI is InChI=1S/C15H11Br2N3O/c1-8-12(5-11(17)6-13(8)19)15(21)20-14-3-2-10(16)4-9(14)7-18/h2-6H,19H2,1H3,(H,20,21). The van der Waals surface area contributed by atoms with Gasteiger partial charge in [-0.05, 0) is 42.8 Å². The van der Waals surface area contributed by atoms with Crippen molar-refractivity contribution >= 4 is 49.1 Å². The molecule has 0 bridgehead atoms. The minimum Gasteiger partial charge on any atom is -0.398 e. The van der Waals surface area contributed by atoms with Crippen molar-refractivity contribution in [2.24, 2.45) is 0 Å². The molecule has 2 aromatic rings. The molecule has 0 saturated heterocycles. The van der Waals surface area contributed by atoms with E-state index in [1.54, 1.807) is 37.3 Å². The normalized spacial score (nSPS) is 10.0. The van der Waals surface area contributed by atoms with Crippen molar-refractivity contribution in [1.82, 2.24) is 0 Å². The van der Waals surface area contributed by atoms with Crippen LogP contribution in [0, 0.1) is 18.3 Å². The van der Waals surface area contributed by atoms with Crippen LogP contribution in [0.1, 0.15) is 21.5 Å². The average Bonchev–Trinajstić information content (AvgIpc) is 2.44. The molecule has 2 aromatic carbocycles. The molecule has 3 N–H and O–H groups in total. The Balaban J connectivity index is 2.38. The van der Waals surface area contributed by atoms with E-state index in [2.05, 4.69) is 43.2 Å². The number of nitrogens with two attached hydrogens (primary N) is 1. The molecule has 6 heteroatoms. The lowest BCUT2D eigenvalue weighted by Gasteiger charge is -2.11. The smallest absolute Gasteiger partial charge is 0.256 e. The summed E-state index contributed by atoms with van der Waals surface area (Å²) in [7, 11) is 0. The van der Waals surface area contributed by atoms with Crippen molar-refractivity contribution in [1.29, 1.82) is 5.26 Å². The molecule has 4 nitrogen and oxygen atoms in total. The van der Waals surface area contributed by atoms with E-state index >= 15 is 0 Å². The van der Waals surface area contributed by atoms with E-state index < -0.39 is 0 Å². The van der Waals surface area contributed by atoms with Crippen LogP contribution in [0.4, 0.5) is 11.4 Å². The Morgan fingerprint density at radius 1 is 1.24 bits per heavy atom. The van der Waals surface area contributed by atoms with Crippen LogP contribution >= 0.6 is 31.9 Å². The Labute approximate surface area is 139 Å². The van der Waals surface area contributed by atoms with Gasteiger partial charge in [0.1, 0.15) is 6.07 Å². The number of carbonyl (C=O) groups is 1. The van der Waals surface area contributed by atoms with E-state index in [0.717, 1.165) is 8.95 Å². The topological polar surface area (TPSA) is 78.9 Å². The molecule has 1 amide bonds. The lowest BCUT2D eigenvalue weighted by Crippen LogP contribution is -2.15. The van der Waals surface area contributed by atoms with Crippen molar-refractivity contribution in [3.8, 4) is 6.07 Å². The van der Waals surface area contributed by atoms with Gasteiger partial charge in [0.2, 0.25) is 0 Å². The summed E-state index contributed by atoms with van der Waals surface area (Å²) >= 11 is 6.61. The summed E-state index contributed by atoms with van der Waals surface area (Å²) in [4.78, 5) is 12.4. The summed E-state index contributed by atoms with van der Waals surface area (Å²) in [5.74, 6) is -0.306. The molecule has 0 spiro atoms. The summed E-state index contributed by atoms with van der Waals surface area (Å²) in [6.07, 6.45) is 0. The van der Waals surface area contributed by atoms with Crippen molar-refractivity contribution in [3.05, 3.63) is 56.0 Å². The number of halogens is 2. The Kier molecular flexibility index (Phi) is 4.66. The fraction of sp³-hybridized carbons (Fsp3) is 0.0667. The molecular weight excluding hydrogens is 398 g/mol. The number of rotatable bonds is 2. The van der Waals surface area contributed by atoms with Gasteiger partial charge in [0.25, 0.3) is 5.91 Å². The molecule has 2 rings (SSSR count). The Morgan fingerprint density at radius 2 is 1.95 bits per heavy atom. The zero-order valence-electron chi connectivity index (χ0n) is 11.1. The van der Waals surface area contributed by atoms with Crippen molar-refractivity contribution in [3.63, 3.8) is 0 Å². The number of hydrogen-bond acceptors (Lipinski definition) is 3. The zero-order valence-corrected chi connectivity index (χ0v) is 14.2. The summed E-state index contributed by atoms with van der Waals surface area (Å²) in [5, 5.41) is 11.9. The predicted molar refractivity (Wildman–Crippen MR) is 90.1 cm³/mol. The van der Waals surface area contributed by atoms with E-state index in [1.165, 1.54) is 0 Å². The van der Waals surface area contributed by atoms with Gasteiger partial charge >= 0.3 is 0 Å². The third-order valence-corrected chi connectivity index (χ3v) is 3.96. The lowest BCUT2D eigenvalue weighted by molar-refractivity contribution is 0.102. The maximum Gasteiger partial charge on any atom is 0.256 e. The maximum atomic E-state index is 12.4. The summed E-state index contributed by atoms with van der Waals surface area (Å²) in [6.45, 7) is 1.78. The molecular formula is C15H11Br2N3O. The van der Waals surface area contributed by atoms with E-state index in [0.29, 0.717) is 28.1 Å². The molecule has 0 atom stereocenters. The van der Waals surface area contributed by atoms with Gasteiger partial charge in [0, 0.05) is 20.2 Å². The van der Waals surface area contributed by atoms with E-state index in [-0.39, 0.29) is 5.91 Å². The van der Waals surface area contributed by atoms with Crippen LogP contribution in [0.2, 0.25) is 0 Å². The molecule has 106 valence electrons. The molecule has 0 saturated carbocycles. The molecule has 0 heterocycles. The van der Waals surface area contributed by atoms with Crippen LogP contribution in [0.5, 0.6) is 0 Å². The first-order valence-electron chi connectivity index (χ1n) is 5.99. The van der Waals surface area contributed by atoms with Crippen LogP contribution < -0.4 is 11.1 Å². The monoisotopic (exact) mass is 407 g/mol. The van der Waals surface area contributed by atoms with Gasteiger partial charge in [0.15, 0.2) is 0 Å². The van der Waals surface area contributed by atoms with Crippen LogP contribution in [0.25, 0.3) is 0 Å². The van der Waals surface area contributed by atoms with Crippen LogP contribution in [0.15, 0.2) is 39.3 Å². The molecule has 0 unspecified atom stereocenters. The average molecular weight is 409 g/mol. The minimum atomic E-state index is -0.306. The van der Waals surface area contributed by atoms with Crippen molar-refractivity contribution in [2.45, 2.75) is 6.92 Å². The lowest BCUT2D eigenvalue weighted by atomic mass is 10.1. The highest BCUT2D eigenvalue weighted by Gasteiger charge is 2.14. The number of anilines is 2. The molecule has 0 fully saturated rings. The first-order chi connectivity index (χ1) is 9.92. The maximum absolute atomic E-state index is 12.4. The quantitative estimate of drug-likeness (QED) is 0.729. The first-order valence-corrected chi connectivity index (χ1v) is 7.57. The zero-order chi connectivity index (χ0) is 15.6. The van der Waals surface area contributed by atoms with Gasteiger partial charge in [-0.25, -0.2) is 0 Å². The molecule has 0 aromatic heterocycles. The summed E-state index contributed by atoms with van der Waals surface area (Å²) in [6, 6.07) is 10.6. The third kappa shape index (κ3) is 3.43. The Morgan fingerprint density at radius 3 is 2.62 bits per heavy atom. The highest BCUT2D eigenvalue weighted by molar-refractivity contribution is 9.10. The van der Waals surface area contributed by atoms with Gasteiger partial charge in [-0.15, -0.1) is 0 Å². The number of nitrogen functional groups attached to an aromatic ring is 1. The SMILES string of the molecule is Cc1c(N)cc(Br)cc1C(=O)Nc1ccc(Br)cc1C#N. The number of carbonyl (C=O) groups excluding carboxylic acids is 1. The highest BCUT2D eigenvalue weighted by atomic mass is 79.9. The van der Waals surface area contributed by atoms with Gasteiger partial charge in [-0.2, -0.15) is 5.26 Å². The van der Waals surface area contributed by atoms with Crippen molar-refractivity contribution < 1.29 is 4.79 Å². The summed E-state index contributed by atoms with van der Waals surface area (Å²) in [5.41, 5.74) is 8.41. The number of nitriles is 1. The van der Waals surface area contributed by atoms with Crippen LogP contribution in [-0.4, -0.2) is 5.91 Å². The second-order valence-electron chi connectivity index (χ2n) is 4.42. The molecule has 0 aliphatic rings. The molecule has 0 aliphatic carbocycles. The van der Waals surface area contributed by atoms with Crippen LogP contribution in [-0.2, 0) is 0 Å². The summed E-state index contributed by atoms with van der Waals surface area (Å²) < 4.78 is 1.51. The van der Waals surface area contributed by atoms with E-state index in [4.69, 9.17) is 11.0 Å². The van der Waals surface area contributed by atoms with Gasteiger partial charge in [-0.1, -0.05) is 31.9 Å². The first kappa shape index (κ1) is 15.5. The highest BCUT2D eigenvalue weighted by Crippen LogP contribution is 2.25. The van der Waals surface area contributed by atoms with Crippen molar-refractivity contribution in [2.75, 3.05) is 11.1 Å². The second-order valence-corrected chi connectivity index (χ2v) is 6.25. The molecule has 21 heavy (non-hydrogen) atoms. The minimum absolute atomic E-state index is 0.306. The number of hydrogen-bond donors (Lipinski definition) is 2. The number of amides is 1. The molecule has 0 radical (unpaired) electrons.